The first-order valence-electron chi connectivity index (χ1n) is 6.97. The van der Waals surface area contributed by atoms with Gasteiger partial charge >= 0.3 is 12.1 Å². The van der Waals surface area contributed by atoms with Crippen LogP contribution < -0.4 is 10.6 Å². The summed E-state index contributed by atoms with van der Waals surface area (Å²) in [5, 5.41) is 5.62. The largest absolute Gasteiger partial charge is 0.465 e. The number of rotatable bonds is 5. The number of aromatic nitrogens is 1. The average molecular weight is 315 g/mol. The minimum atomic E-state index is -0.550. The number of carbonyl (C=O) groups is 2. The highest BCUT2D eigenvalue weighted by Gasteiger charge is 2.06. The second-order valence-corrected chi connectivity index (χ2v) is 4.47. The van der Waals surface area contributed by atoms with Crippen molar-refractivity contribution in [2.45, 2.75) is 6.92 Å². The molecule has 120 valence electrons. The van der Waals surface area contributed by atoms with Crippen LogP contribution in [0, 0.1) is 0 Å². The van der Waals surface area contributed by atoms with Crippen molar-refractivity contribution in [3.63, 3.8) is 0 Å². The molecular formula is C16H17N3O4. The number of nitrogens with zero attached hydrogens (tertiary/aromatic N) is 1. The molecule has 1 heterocycles. The van der Waals surface area contributed by atoms with Crippen molar-refractivity contribution in [1.29, 1.82) is 0 Å². The summed E-state index contributed by atoms with van der Waals surface area (Å²) in [7, 11) is 1.33. The van der Waals surface area contributed by atoms with Crippen molar-refractivity contribution in [3.05, 3.63) is 48.2 Å². The van der Waals surface area contributed by atoms with Crippen LogP contribution in [0.2, 0.25) is 0 Å². The summed E-state index contributed by atoms with van der Waals surface area (Å²) in [5.74, 6) is -0.0157. The average Bonchev–Trinajstić information content (AvgIpc) is 2.56. The van der Waals surface area contributed by atoms with Crippen molar-refractivity contribution in [3.8, 4) is 0 Å². The Morgan fingerprint density at radius 3 is 2.65 bits per heavy atom. The van der Waals surface area contributed by atoms with E-state index in [1.54, 1.807) is 43.5 Å². The van der Waals surface area contributed by atoms with Gasteiger partial charge in [0.05, 0.1) is 31.2 Å². The van der Waals surface area contributed by atoms with Gasteiger partial charge in [-0.05, 0) is 37.3 Å². The Labute approximate surface area is 133 Å². The number of methoxy groups -OCH3 is 1. The molecule has 23 heavy (non-hydrogen) atoms. The van der Waals surface area contributed by atoms with Crippen LogP contribution in [0.15, 0.2) is 42.6 Å². The Balaban J connectivity index is 2.03. The number of esters is 1. The summed E-state index contributed by atoms with van der Waals surface area (Å²) in [6.45, 7) is 2.02. The molecule has 0 spiro atoms. The highest BCUT2D eigenvalue weighted by molar-refractivity contribution is 5.90. The molecule has 2 rings (SSSR count). The van der Waals surface area contributed by atoms with Crippen molar-refractivity contribution in [1.82, 2.24) is 4.98 Å². The van der Waals surface area contributed by atoms with E-state index in [1.165, 1.54) is 7.11 Å². The standard InChI is InChI=1S/C16H17N3O4/c1-3-23-16(21)19-14-8-7-13(10-17-14)18-12-6-4-5-11(9-12)15(20)22-2/h4-10,18H,3H2,1-2H3,(H,17,19,21). The number of anilines is 3. The van der Waals surface area contributed by atoms with E-state index in [1.807, 2.05) is 6.07 Å². The number of amides is 1. The summed E-state index contributed by atoms with van der Waals surface area (Å²) < 4.78 is 9.45. The van der Waals surface area contributed by atoms with Gasteiger partial charge in [-0.15, -0.1) is 0 Å². The molecule has 7 nitrogen and oxygen atoms in total. The Hall–Kier alpha value is -3.09. The minimum Gasteiger partial charge on any atom is -0.465 e. The highest BCUT2D eigenvalue weighted by Crippen LogP contribution is 2.18. The number of hydrogen-bond acceptors (Lipinski definition) is 6. The van der Waals surface area contributed by atoms with Gasteiger partial charge in [-0.3, -0.25) is 5.32 Å². The summed E-state index contributed by atoms with van der Waals surface area (Å²) in [6, 6.07) is 10.3. The van der Waals surface area contributed by atoms with E-state index in [4.69, 9.17) is 4.74 Å². The van der Waals surface area contributed by atoms with Crippen LogP contribution in [0.25, 0.3) is 0 Å². The van der Waals surface area contributed by atoms with Crippen molar-refractivity contribution in [2.75, 3.05) is 24.4 Å². The lowest BCUT2D eigenvalue weighted by Gasteiger charge is -2.09. The van der Waals surface area contributed by atoms with Crippen LogP contribution in [0.1, 0.15) is 17.3 Å². The van der Waals surface area contributed by atoms with E-state index in [-0.39, 0.29) is 0 Å². The Morgan fingerprint density at radius 1 is 1.17 bits per heavy atom. The summed E-state index contributed by atoms with van der Waals surface area (Å²) >= 11 is 0. The zero-order valence-corrected chi connectivity index (χ0v) is 12.8. The Kier molecular flexibility index (Phi) is 5.51. The van der Waals surface area contributed by atoms with E-state index < -0.39 is 12.1 Å². The maximum absolute atomic E-state index is 11.5. The number of carbonyl (C=O) groups excluding carboxylic acids is 2. The first-order chi connectivity index (χ1) is 11.1. The van der Waals surface area contributed by atoms with Crippen molar-refractivity contribution in [2.24, 2.45) is 0 Å². The molecular weight excluding hydrogens is 298 g/mol. The third kappa shape index (κ3) is 4.70. The zero-order chi connectivity index (χ0) is 16.7. The number of benzene rings is 1. The van der Waals surface area contributed by atoms with Gasteiger partial charge in [0.25, 0.3) is 0 Å². The van der Waals surface area contributed by atoms with Gasteiger partial charge < -0.3 is 14.8 Å². The van der Waals surface area contributed by atoms with Gasteiger partial charge in [0.15, 0.2) is 0 Å². The quantitative estimate of drug-likeness (QED) is 0.824. The lowest BCUT2D eigenvalue weighted by Crippen LogP contribution is -2.14. The number of nitrogens with one attached hydrogen (secondary N) is 2. The van der Waals surface area contributed by atoms with Crippen LogP contribution in [0.4, 0.5) is 22.0 Å². The Morgan fingerprint density at radius 2 is 2.00 bits per heavy atom. The highest BCUT2D eigenvalue weighted by atomic mass is 16.5. The van der Waals surface area contributed by atoms with Gasteiger partial charge in [0.1, 0.15) is 5.82 Å². The molecule has 1 aromatic carbocycles. The molecule has 1 aromatic heterocycles. The fourth-order valence-electron chi connectivity index (χ4n) is 1.82. The third-order valence-electron chi connectivity index (χ3n) is 2.84. The molecule has 2 N–H and O–H groups in total. The van der Waals surface area contributed by atoms with E-state index >= 15 is 0 Å². The lowest BCUT2D eigenvalue weighted by molar-refractivity contribution is 0.0600. The van der Waals surface area contributed by atoms with Gasteiger partial charge in [0.2, 0.25) is 0 Å². The van der Waals surface area contributed by atoms with Gasteiger partial charge in [0, 0.05) is 5.69 Å². The molecule has 0 saturated heterocycles. The van der Waals surface area contributed by atoms with Crippen LogP contribution >= 0.6 is 0 Å². The topological polar surface area (TPSA) is 89.6 Å². The predicted molar refractivity (Wildman–Crippen MR) is 85.9 cm³/mol. The smallest absolute Gasteiger partial charge is 0.412 e. The first-order valence-corrected chi connectivity index (χ1v) is 6.97. The Bertz CT molecular complexity index is 686. The first kappa shape index (κ1) is 16.3. The molecule has 0 aliphatic heterocycles. The maximum Gasteiger partial charge on any atom is 0.412 e. The summed E-state index contributed by atoms with van der Waals surface area (Å²) in [6.07, 6.45) is 1.01. The molecule has 1 amide bonds. The third-order valence-corrected chi connectivity index (χ3v) is 2.84. The SMILES string of the molecule is CCOC(=O)Nc1ccc(Nc2cccc(C(=O)OC)c2)cn1. The fourth-order valence-corrected chi connectivity index (χ4v) is 1.82. The van der Waals surface area contributed by atoms with Crippen LogP contribution in [-0.4, -0.2) is 30.8 Å². The minimum absolute atomic E-state index is 0.294. The lowest BCUT2D eigenvalue weighted by atomic mass is 10.2. The molecule has 0 aliphatic carbocycles. The molecule has 0 bridgehead atoms. The number of hydrogen-bond donors (Lipinski definition) is 2. The molecule has 0 unspecified atom stereocenters. The molecule has 2 aromatic rings. The second kappa shape index (κ2) is 7.79. The fraction of sp³-hybridized carbons (Fsp3) is 0.188. The predicted octanol–water partition coefficient (Wildman–Crippen LogP) is 3.18. The molecule has 7 heteroatoms. The van der Waals surface area contributed by atoms with E-state index in [0.29, 0.717) is 23.7 Å². The number of ether oxygens (including phenoxy) is 2. The van der Waals surface area contributed by atoms with E-state index in [9.17, 15) is 9.59 Å². The van der Waals surface area contributed by atoms with E-state index in [0.717, 1.165) is 5.69 Å². The number of pyridine rings is 1. The molecule has 0 saturated carbocycles. The molecule has 0 atom stereocenters. The van der Waals surface area contributed by atoms with Crippen LogP contribution in [-0.2, 0) is 9.47 Å². The van der Waals surface area contributed by atoms with Gasteiger partial charge in [-0.2, -0.15) is 0 Å². The van der Waals surface area contributed by atoms with Gasteiger partial charge in [-0.25, -0.2) is 14.6 Å². The molecule has 0 aliphatic rings. The summed E-state index contributed by atoms with van der Waals surface area (Å²) in [5.41, 5.74) is 1.88. The molecule has 0 fully saturated rings. The zero-order valence-electron chi connectivity index (χ0n) is 12.8. The monoisotopic (exact) mass is 315 g/mol. The normalized spacial score (nSPS) is 9.83. The van der Waals surface area contributed by atoms with E-state index in [2.05, 4.69) is 20.4 Å². The second-order valence-electron chi connectivity index (χ2n) is 4.47. The maximum atomic E-state index is 11.5. The van der Waals surface area contributed by atoms with Crippen molar-refractivity contribution >= 4 is 29.3 Å². The summed E-state index contributed by atoms with van der Waals surface area (Å²) in [4.78, 5) is 26.9. The van der Waals surface area contributed by atoms with Gasteiger partial charge in [-0.1, -0.05) is 6.07 Å². The molecule has 0 radical (unpaired) electrons. The van der Waals surface area contributed by atoms with Crippen molar-refractivity contribution < 1.29 is 19.1 Å². The van der Waals surface area contributed by atoms with Crippen LogP contribution in [0.3, 0.4) is 0 Å². The van der Waals surface area contributed by atoms with Crippen LogP contribution in [0.5, 0.6) is 0 Å².